The van der Waals surface area contributed by atoms with Gasteiger partial charge >= 0.3 is 0 Å². The SMILES string of the molecule is Cc1cc(NC(=O)c2ccc(N3CCCC3=O)cc2)no1. The number of anilines is 2. The number of aryl methyl sites for hydroxylation is 1. The predicted octanol–water partition coefficient (Wildman–Crippen LogP) is 2.36. The van der Waals surface area contributed by atoms with Crippen molar-refractivity contribution in [3.05, 3.63) is 41.7 Å². The third kappa shape index (κ3) is 2.79. The highest BCUT2D eigenvalue weighted by atomic mass is 16.5. The number of benzene rings is 1. The maximum atomic E-state index is 12.0. The van der Waals surface area contributed by atoms with Gasteiger partial charge in [-0.3, -0.25) is 9.59 Å². The summed E-state index contributed by atoms with van der Waals surface area (Å²) >= 11 is 0. The van der Waals surface area contributed by atoms with E-state index in [1.807, 2.05) is 0 Å². The van der Waals surface area contributed by atoms with E-state index in [0.29, 0.717) is 23.6 Å². The molecule has 1 N–H and O–H groups in total. The first-order valence-electron chi connectivity index (χ1n) is 6.78. The molecule has 0 radical (unpaired) electrons. The lowest BCUT2D eigenvalue weighted by Crippen LogP contribution is -2.23. The summed E-state index contributed by atoms with van der Waals surface area (Å²) in [6.07, 6.45) is 1.47. The number of nitrogens with zero attached hydrogens (tertiary/aromatic N) is 2. The van der Waals surface area contributed by atoms with Gasteiger partial charge in [0.25, 0.3) is 5.91 Å². The summed E-state index contributed by atoms with van der Waals surface area (Å²) in [5.74, 6) is 0.886. The second-order valence-electron chi connectivity index (χ2n) is 4.97. The van der Waals surface area contributed by atoms with Crippen LogP contribution in [0.2, 0.25) is 0 Å². The van der Waals surface area contributed by atoms with E-state index < -0.39 is 0 Å². The Kier molecular flexibility index (Phi) is 3.43. The normalized spacial score (nSPS) is 14.5. The van der Waals surface area contributed by atoms with Crippen LogP contribution in [0.3, 0.4) is 0 Å². The molecule has 1 saturated heterocycles. The molecule has 0 aliphatic carbocycles. The molecule has 1 aliphatic heterocycles. The van der Waals surface area contributed by atoms with Crippen molar-refractivity contribution in [1.29, 1.82) is 0 Å². The second kappa shape index (κ2) is 5.40. The smallest absolute Gasteiger partial charge is 0.256 e. The van der Waals surface area contributed by atoms with Gasteiger partial charge in [0.2, 0.25) is 5.91 Å². The number of aromatic nitrogens is 1. The average molecular weight is 285 g/mol. The van der Waals surface area contributed by atoms with Crippen LogP contribution in [0.1, 0.15) is 29.0 Å². The molecule has 1 fully saturated rings. The number of carbonyl (C=O) groups is 2. The van der Waals surface area contributed by atoms with Gasteiger partial charge < -0.3 is 14.7 Å². The Morgan fingerprint density at radius 3 is 2.67 bits per heavy atom. The van der Waals surface area contributed by atoms with E-state index in [-0.39, 0.29) is 11.8 Å². The highest BCUT2D eigenvalue weighted by molar-refractivity contribution is 6.04. The molecule has 0 bridgehead atoms. The van der Waals surface area contributed by atoms with E-state index in [0.717, 1.165) is 18.7 Å². The van der Waals surface area contributed by atoms with Crippen LogP contribution >= 0.6 is 0 Å². The number of amides is 2. The first kappa shape index (κ1) is 13.4. The van der Waals surface area contributed by atoms with E-state index in [2.05, 4.69) is 10.5 Å². The fourth-order valence-corrected chi connectivity index (χ4v) is 2.33. The Balaban J connectivity index is 1.71. The Labute approximate surface area is 121 Å². The van der Waals surface area contributed by atoms with Crippen LogP contribution < -0.4 is 10.2 Å². The maximum absolute atomic E-state index is 12.0. The Bertz CT molecular complexity index is 676. The number of rotatable bonds is 3. The summed E-state index contributed by atoms with van der Waals surface area (Å²) in [5, 5.41) is 6.36. The molecule has 0 atom stereocenters. The summed E-state index contributed by atoms with van der Waals surface area (Å²) < 4.78 is 4.89. The topological polar surface area (TPSA) is 75.4 Å². The molecule has 3 rings (SSSR count). The number of nitrogens with one attached hydrogen (secondary N) is 1. The molecule has 0 spiro atoms. The fourth-order valence-electron chi connectivity index (χ4n) is 2.33. The van der Waals surface area contributed by atoms with Crippen molar-refractivity contribution in [3.8, 4) is 0 Å². The number of hydrogen-bond donors (Lipinski definition) is 1. The van der Waals surface area contributed by atoms with Gasteiger partial charge in [-0.15, -0.1) is 0 Å². The van der Waals surface area contributed by atoms with E-state index >= 15 is 0 Å². The molecule has 108 valence electrons. The Morgan fingerprint density at radius 2 is 2.10 bits per heavy atom. The average Bonchev–Trinajstić information content (AvgIpc) is 3.08. The highest BCUT2D eigenvalue weighted by Crippen LogP contribution is 2.21. The van der Waals surface area contributed by atoms with Crippen LogP contribution in [0.4, 0.5) is 11.5 Å². The third-order valence-electron chi connectivity index (χ3n) is 3.38. The molecule has 1 aromatic heterocycles. The third-order valence-corrected chi connectivity index (χ3v) is 3.38. The van der Waals surface area contributed by atoms with E-state index in [1.54, 1.807) is 42.2 Å². The summed E-state index contributed by atoms with van der Waals surface area (Å²) in [7, 11) is 0. The summed E-state index contributed by atoms with van der Waals surface area (Å²) in [4.78, 5) is 25.5. The number of carbonyl (C=O) groups excluding carboxylic acids is 2. The van der Waals surface area contributed by atoms with Crippen LogP contribution in [-0.2, 0) is 4.79 Å². The number of hydrogen-bond acceptors (Lipinski definition) is 4. The van der Waals surface area contributed by atoms with Gasteiger partial charge in [0, 0.05) is 30.3 Å². The van der Waals surface area contributed by atoms with Gasteiger partial charge in [-0.25, -0.2) is 0 Å². The van der Waals surface area contributed by atoms with Crippen molar-refractivity contribution in [2.45, 2.75) is 19.8 Å². The second-order valence-corrected chi connectivity index (χ2v) is 4.97. The van der Waals surface area contributed by atoms with Gasteiger partial charge in [0.1, 0.15) is 5.76 Å². The van der Waals surface area contributed by atoms with Crippen LogP contribution in [0, 0.1) is 6.92 Å². The molecule has 21 heavy (non-hydrogen) atoms. The van der Waals surface area contributed by atoms with Crippen molar-refractivity contribution in [1.82, 2.24) is 5.16 Å². The van der Waals surface area contributed by atoms with Crippen molar-refractivity contribution < 1.29 is 14.1 Å². The first-order valence-corrected chi connectivity index (χ1v) is 6.78. The van der Waals surface area contributed by atoms with Crippen molar-refractivity contribution in [2.24, 2.45) is 0 Å². The first-order chi connectivity index (χ1) is 10.1. The molecular weight excluding hydrogens is 270 g/mol. The lowest BCUT2D eigenvalue weighted by Gasteiger charge is -2.15. The lowest BCUT2D eigenvalue weighted by atomic mass is 10.2. The zero-order chi connectivity index (χ0) is 14.8. The lowest BCUT2D eigenvalue weighted by molar-refractivity contribution is -0.117. The highest BCUT2D eigenvalue weighted by Gasteiger charge is 2.21. The summed E-state index contributed by atoms with van der Waals surface area (Å²) in [6, 6.07) is 8.61. The Hall–Kier alpha value is -2.63. The van der Waals surface area contributed by atoms with Gasteiger partial charge in [0.05, 0.1) is 0 Å². The maximum Gasteiger partial charge on any atom is 0.256 e. The molecule has 1 aliphatic rings. The monoisotopic (exact) mass is 285 g/mol. The van der Waals surface area contributed by atoms with Crippen LogP contribution in [0.25, 0.3) is 0 Å². The largest absolute Gasteiger partial charge is 0.360 e. The van der Waals surface area contributed by atoms with E-state index in [4.69, 9.17) is 4.52 Å². The minimum absolute atomic E-state index is 0.130. The molecule has 6 heteroatoms. The van der Waals surface area contributed by atoms with Gasteiger partial charge in [-0.1, -0.05) is 5.16 Å². The van der Waals surface area contributed by atoms with E-state index in [9.17, 15) is 9.59 Å². The molecule has 1 aromatic carbocycles. The van der Waals surface area contributed by atoms with Gasteiger partial charge in [-0.05, 0) is 37.6 Å². The zero-order valence-corrected chi connectivity index (χ0v) is 11.6. The quantitative estimate of drug-likeness (QED) is 0.939. The molecule has 0 saturated carbocycles. The van der Waals surface area contributed by atoms with Crippen LogP contribution in [0.5, 0.6) is 0 Å². The van der Waals surface area contributed by atoms with Crippen LogP contribution in [-0.4, -0.2) is 23.5 Å². The predicted molar refractivity (Wildman–Crippen MR) is 77.2 cm³/mol. The van der Waals surface area contributed by atoms with Crippen LogP contribution in [0.15, 0.2) is 34.9 Å². The summed E-state index contributed by atoms with van der Waals surface area (Å²) in [5.41, 5.74) is 1.33. The van der Waals surface area contributed by atoms with Gasteiger partial charge in [-0.2, -0.15) is 0 Å². The minimum Gasteiger partial charge on any atom is -0.360 e. The van der Waals surface area contributed by atoms with Crippen molar-refractivity contribution in [3.63, 3.8) is 0 Å². The zero-order valence-electron chi connectivity index (χ0n) is 11.6. The minimum atomic E-state index is -0.261. The molecular formula is C15H15N3O3. The van der Waals surface area contributed by atoms with E-state index in [1.165, 1.54) is 0 Å². The summed E-state index contributed by atoms with van der Waals surface area (Å²) in [6.45, 7) is 2.49. The van der Waals surface area contributed by atoms with Crippen molar-refractivity contribution >= 4 is 23.3 Å². The van der Waals surface area contributed by atoms with Gasteiger partial charge in [0.15, 0.2) is 5.82 Å². The van der Waals surface area contributed by atoms with Crippen molar-refractivity contribution in [2.75, 3.05) is 16.8 Å². The molecule has 6 nitrogen and oxygen atoms in total. The fraction of sp³-hybridized carbons (Fsp3) is 0.267. The molecule has 2 amide bonds. The molecule has 0 unspecified atom stereocenters. The molecule has 2 aromatic rings. The molecule has 2 heterocycles. The standard InChI is InChI=1S/C15H15N3O3/c1-10-9-13(17-21-10)16-15(20)11-4-6-12(7-5-11)18-8-2-3-14(18)19/h4-7,9H,2-3,8H2,1H3,(H,16,17,20). The Morgan fingerprint density at radius 1 is 1.33 bits per heavy atom.